The molecule has 3 rings (SSSR count). The average Bonchev–Trinajstić information content (AvgIpc) is 2.96. The molecule has 138 valence electrons. The van der Waals surface area contributed by atoms with Gasteiger partial charge in [0.05, 0.1) is 5.69 Å². The standard InChI is InChI=1S/C20H24F2N2OSi/c1-26(2,3)12-11-25-14-24-18(13-15-7-6-10-23-20(15)24)16-8-4-5-9-17(16)19(21)22/h4-10,13,19H,11-12,14H2,1-3H3. The van der Waals surface area contributed by atoms with Gasteiger partial charge in [-0.1, -0.05) is 43.9 Å². The summed E-state index contributed by atoms with van der Waals surface area (Å²) in [6.07, 6.45) is -0.817. The van der Waals surface area contributed by atoms with Crippen molar-refractivity contribution in [3.05, 3.63) is 54.2 Å². The third-order valence-electron chi connectivity index (χ3n) is 4.34. The van der Waals surface area contributed by atoms with Gasteiger partial charge >= 0.3 is 0 Å². The molecule has 6 heteroatoms. The molecule has 0 fully saturated rings. The number of fused-ring (bicyclic) bond motifs is 1. The van der Waals surface area contributed by atoms with E-state index in [1.807, 2.05) is 22.8 Å². The van der Waals surface area contributed by atoms with Crippen LogP contribution in [0, 0.1) is 0 Å². The molecule has 0 atom stereocenters. The Labute approximate surface area is 153 Å². The maximum atomic E-state index is 13.5. The largest absolute Gasteiger partial charge is 0.361 e. The van der Waals surface area contributed by atoms with Crippen LogP contribution < -0.4 is 0 Å². The molecule has 0 aliphatic rings. The van der Waals surface area contributed by atoms with E-state index in [9.17, 15) is 8.78 Å². The quantitative estimate of drug-likeness (QED) is 0.377. The van der Waals surface area contributed by atoms with Crippen LogP contribution in [0.2, 0.25) is 25.7 Å². The van der Waals surface area contributed by atoms with Gasteiger partial charge in [-0.3, -0.25) is 0 Å². The molecular formula is C20H24F2N2OSi. The first kappa shape index (κ1) is 18.7. The van der Waals surface area contributed by atoms with Crippen LogP contribution in [0.3, 0.4) is 0 Å². The van der Waals surface area contributed by atoms with Gasteiger partial charge in [0.1, 0.15) is 12.4 Å². The number of benzene rings is 1. The van der Waals surface area contributed by atoms with E-state index in [2.05, 4.69) is 24.6 Å². The maximum absolute atomic E-state index is 13.5. The lowest BCUT2D eigenvalue weighted by Crippen LogP contribution is -2.22. The second kappa shape index (κ2) is 7.68. The summed E-state index contributed by atoms with van der Waals surface area (Å²) >= 11 is 0. The molecule has 3 nitrogen and oxygen atoms in total. The summed E-state index contributed by atoms with van der Waals surface area (Å²) < 4.78 is 34.8. The predicted molar refractivity (Wildman–Crippen MR) is 104 cm³/mol. The van der Waals surface area contributed by atoms with Gasteiger partial charge in [0.2, 0.25) is 0 Å². The molecule has 0 bridgehead atoms. The first-order chi connectivity index (χ1) is 12.4. The number of aromatic nitrogens is 2. The Morgan fingerprint density at radius 2 is 1.88 bits per heavy atom. The minimum atomic E-state index is -2.53. The minimum absolute atomic E-state index is 0.0265. The van der Waals surface area contributed by atoms with Gasteiger partial charge in [-0.15, -0.1) is 0 Å². The number of halogens is 2. The number of nitrogens with zero attached hydrogens (tertiary/aromatic N) is 2. The number of rotatable bonds is 7. The van der Waals surface area contributed by atoms with Gasteiger partial charge in [0, 0.05) is 37.4 Å². The predicted octanol–water partition coefficient (Wildman–Crippen LogP) is 5.95. The van der Waals surface area contributed by atoms with Crippen LogP contribution in [0.5, 0.6) is 0 Å². The lowest BCUT2D eigenvalue weighted by Gasteiger charge is -2.17. The van der Waals surface area contributed by atoms with Crippen molar-refractivity contribution in [2.75, 3.05) is 6.61 Å². The van der Waals surface area contributed by atoms with E-state index in [0.29, 0.717) is 24.6 Å². The fourth-order valence-electron chi connectivity index (χ4n) is 2.90. The van der Waals surface area contributed by atoms with Crippen LogP contribution in [-0.4, -0.2) is 24.2 Å². The smallest absolute Gasteiger partial charge is 0.264 e. The first-order valence-corrected chi connectivity index (χ1v) is 12.5. The maximum Gasteiger partial charge on any atom is 0.264 e. The fourth-order valence-corrected chi connectivity index (χ4v) is 3.65. The highest BCUT2D eigenvalue weighted by Crippen LogP contribution is 2.34. The molecule has 1 aromatic carbocycles. The van der Waals surface area contributed by atoms with Gasteiger partial charge in [-0.2, -0.15) is 0 Å². The molecule has 0 unspecified atom stereocenters. The molecule has 2 aromatic heterocycles. The summed E-state index contributed by atoms with van der Waals surface area (Å²) in [4.78, 5) is 4.43. The van der Waals surface area contributed by atoms with Gasteiger partial charge < -0.3 is 9.30 Å². The molecule has 2 heterocycles. The van der Waals surface area contributed by atoms with Crippen molar-refractivity contribution in [3.8, 4) is 11.3 Å². The van der Waals surface area contributed by atoms with Crippen molar-refractivity contribution < 1.29 is 13.5 Å². The lowest BCUT2D eigenvalue weighted by molar-refractivity contribution is 0.0908. The lowest BCUT2D eigenvalue weighted by atomic mass is 10.0. The molecule has 26 heavy (non-hydrogen) atoms. The van der Waals surface area contributed by atoms with Crippen molar-refractivity contribution in [1.29, 1.82) is 0 Å². The highest BCUT2D eigenvalue weighted by molar-refractivity contribution is 6.76. The number of ether oxygens (including phenoxy) is 1. The normalized spacial score (nSPS) is 12.2. The Balaban J connectivity index is 1.98. The minimum Gasteiger partial charge on any atom is -0.361 e. The Bertz CT molecular complexity index is 887. The average molecular weight is 375 g/mol. The van der Waals surface area contributed by atoms with Crippen LogP contribution in [0.25, 0.3) is 22.3 Å². The summed E-state index contributed by atoms with van der Waals surface area (Å²) in [5.41, 5.74) is 2.01. The van der Waals surface area contributed by atoms with Crippen LogP contribution in [0.4, 0.5) is 8.78 Å². The Morgan fingerprint density at radius 3 is 2.62 bits per heavy atom. The van der Waals surface area contributed by atoms with Gasteiger partial charge in [0.15, 0.2) is 0 Å². The Morgan fingerprint density at radius 1 is 1.12 bits per heavy atom. The molecule has 3 aromatic rings. The third kappa shape index (κ3) is 4.19. The topological polar surface area (TPSA) is 27.1 Å². The SMILES string of the molecule is C[Si](C)(C)CCOCn1c(-c2ccccc2C(F)F)cc2cccnc21. The summed E-state index contributed by atoms with van der Waals surface area (Å²) in [6, 6.07) is 13.4. The van der Waals surface area contributed by atoms with Crippen molar-refractivity contribution in [2.24, 2.45) is 0 Å². The van der Waals surface area contributed by atoms with Gasteiger partial charge in [0.25, 0.3) is 6.43 Å². The van der Waals surface area contributed by atoms with E-state index in [1.165, 1.54) is 6.07 Å². The molecule has 0 amide bonds. The van der Waals surface area contributed by atoms with Crippen molar-refractivity contribution >= 4 is 19.1 Å². The van der Waals surface area contributed by atoms with Crippen LogP contribution in [0.1, 0.15) is 12.0 Å². The molecule has 0 spiro atoms. The number of hydrogen-bond donors (Lipinski definition) is 0. The van der Waals surface area contributed by atoms with E-state index >= 15 is 0 Å². The van der Waals surface area contributed by atoms with E-state index in [0.717, 1.165) is 17.1 Å². The Kier molecular flexibility index (Phi) is 5.53. The number of hydrogen-bond acceptors (Lipinski definition) is 2. The molecular weight excluding hydrogens is 350 g/mol. The van der Waals surface area contributed by atoms with E-state index in [1.54, 1.807) is 24.4 Å². The number of pyridine rings is 1. The highest BCUT2D eigenvalue weighted by Gasteiger charge is 2.19. The van der Waals surface area contributed by atoms with Crippen LogP contribution >= 0.6 is 0 Å². The second-order valence-corrected chi connectivity index (χ2v) is 13.2. The van der Waals surface area contributed by atoms with Crippen molar-refractivity contribution in [2.45, 2.75) is 38.8 Å². The number of alkyl halides is 2. The highest BCUT2D eigenvalue weighted by atomic mass is 28.3. The van der Waals surface area contributed by atoms with Gasteiger partial charge in [-0.05, 0) is 24.2 Å². The first-order valence-electron chi connectivity index (χ1n) is 8.76. The zero-order valence-corrected chi connectivity index (χ0v) is 16.4. The molecule has 0 N–H and O–H groups in total. The molecule has 0 radical (unpaired) electrons. The fraction of sp³-hybridized carbons (Fsp3) is 0.350. The van der Waals surface area contributed by atoms with Gasteiger partial charge in [-0.25, -0.2) is 13.8 Å². The second-order valence-electron chi connectivity index (χ2n) is 7.61. The van der Waals surface area contributed by atoms with E-state index < -0.39 is 14.5 Å². The zero-order chi connectivity index (χ0) is 18.7. The monoisotopic (exact) mass is 374 g/mol. The van der Waals surface area contributed by atoms with Crippen molar-refractivity contribution in [3.63, 3.8) is 0 Å². The van der Waals surface area contributed by atoms with Crippen LogP contribution in [0.15, 0.2) is 48.7 Å². The summed E-state index contributed by atoms with van der Waals surface area (Å²) in [6.45, 7) is 7.86. The summed E-state index contributed by atoms with van der Waals surface area (Å²) in [5, 5.41) is 0.917. The summed E-state index contributed by atoms with van der Waals surface area (Å²) in [7, 11) is -1.18. The molecule has 0 saturated carbocycles. The Hall–Kier alpha value is -2.05. The third-order valence-corrected chi connectivity index (χ3v) is 6.05. The summed E-state index contributed by atoms with van der Waals surface area (Å²) in [5.74, 6) is 0. The van der Waals surface area contributed by atoms with Crippen LogP contribution in [-0.2, 0) is 11.5 Å². The van der Waals surface area contributed by atoms with E-state index in [4.69, 9.17) is 4.74 Å². The zero-order valence-electron chi connectivity index (χ0n) is 15.4. The molecule has 0 saturated heterocycles. The molecule has 0 aliphatic carbocycles. The molecule has 0 aliphatic heterocycles. The van der Waals surface area contributed by atoms with E-state index in [-0.39, 0.29) is 5.56 Å². The van der Waals surface area contributed by atoms with Crippen molar-refractivity contribution in [1.82, 2.24) is 9.55 Å².